The summed E-state index contributed by atoms with van der Waals surface area (Å²) in [7, 11) is 0. The third kappa shape index (κ3) is 6.07. The van der Waals surface area contributed by atoms with Gasteiger partial charge in [-0.3, -0.25) is 4.79 Å². The summed E-state index contributed by atoms with van der Waals surface area (Å²) >= 11 is 3.47. The van der Waals surface area contributed by atoms with Gasteiger partial charge in [0.1, 0.15) is 5.75 Å². The molecule has 0 radical (unpaired) electrons. The van der Waals surface area contributed by atoms with Crippen molar-refractivity contribution in [2.24, 2.45) is 5.73 Å². The molecule has 0 saturated carbocycles. The van der Waals surface area contributed by atoms with Crippen LogP contribution in [0, 0.1) is 0 Å². The standard InChI is InChI=1S/C14H21BrN2O2/c1-3-17-14(18)6-7-19-13-5-4-11(8-10(2)16)9-12(13)15/h4-5,9-10H,3,6-8,16H2,1-2H3,(H,17,18). The van der Waals surface area contributed by atoms with E-state index in [0.29, 0.717) is 19.6 Å². The van der Waals surface area contributed by atoms with Crippen LogP contribution in [0.5, 0.6) is 5.75 Å². The van der Waals surface area contributed by atoms with Crippen molar-refractivity contribution in [1.29, 1.82) is 0 Å². The van der Waals surface area contributed by atoms with Crippen molar-refractivity contribution in [3.63, 3.8) is 0 Å². The summed E-state index contributed by atoms with van der Waals surface area (Å²) in [6.07, 6.45) is 1.19. The molecule has 4 nitrogen and oxygen atoms in total. The summed E-state index contributed by atoms with van der Waals surface area (Å²) in [5, 5.41) is 2.73. The van der Waals surface area contributed by atoms with E-state index >= 15 is 0 Å². The molecular weight excluding hydrogens is 308 g/mol. The molecule has 1 amide bonds. The van der Waals surface area contributed by atoms with Crippen LogP contribution in [0.3, 0.4) is 0 Å². The summed E-state index contributed by atoms with van der Waals surface area (Å²) in [5.74, 6) is 0.755. The van der Waals surface area contributed by atoms with Crippen LogP contribution in [0.15, 0.2) is 22.7 Å². The minimum Gasteiger partial charge on any atom is -0.492 e. The zero-order valence-electron chi connectivity index (χ0n) is 11.4. The molecule has 0 fully saturated rings. The Kier molecular flexibility index (Phi) is 6.87. The van der Waals surface area contributed by atoms with Crippen LogP contribution < -0.4 is 15.8 Å². The maximum Gasteiger partial charge on any atom is 0.223 e. The molecule has 3 N–H and O–H groups in total. The highest BCUT2D eigenvalue weighted by Gasteiger charge is 2.06. The summed E-state index contributed by atoms with van der Waals surface area (Å²) in [5.41, 5.74) is 6.93. The number of hydrogen-bond acceptors (Lipinski definition) is 3. The van der Waals surface area contributed by atoms with Gasteiger partial charge in [0, 0.05) is 12.6 Å². The molecule has 1 rings (SSSR count). The Morgan fingerprint density at radius 3 is 2.84 bits per heavy atom. The third-order valence-electron chi connectivity index (χ3n) is 2.51. The first-order valence-corrected chi connectivity index (χ1v) is 7.25. The Morgan fingerprint density at radius 2 is 2.26 bits per heavy atom. The quantitative estimate of drug-likeness (QED) is 0.806. The number of carbonyl (C=O) groups excluding carboxylic acids is 1. The van der Waals surface area contributed by atoms with Crippen molar-refractivity contribution >= 4 is 21.8 Å². The predicted molar refractivity (Wildman–Crippen MR) is 80.3 cm³/mol. The van der Waals surface area contributed by atoms with Crippen molar-refractivity contribution in [3.8, 4) is 5.75 Å². The van der Waals surface area contributed by atoms with Gasteiger partial charge in [-0.25, -0.2) is 0 Å². The second kappa shape index (κ2) is 8.17. The highest BCUT2D eigenvalue weighted by atomic mass is 79.9. The molecule has 1 unspecified atom stereocenters. The van der Waals surface area contributed by atoms with E-state index in [1.165, 1.54) is 0 Å². The molecule has 0 aliphatic carbocycles. The van der Waals surface area contributed by atoms with E-state index in [9.17, 15) is 4.79 Å². The first-order chi connectivity index (χ1) is 9.02. The summed E-state index contributed by atoms with van der Waals surface area (Å²) in [6.45, 7) is 4.89. The van der Waals surface area contributed by atoms with Gasteiger partial charge in [-0.2, -0.15) is 0 Å². The van der Waals surface area contributed by atoms with E-state index in [0.717, 1.165) is 22.2 Å². The van der Waals surface area contributed by atoms with E-state index in [4.69, 9.17) is 10.5 Å². The molecule has 19 heavy (non-hydrogen) atoms. The molecule has 0 aromatic heterocycles. The molecule has 1 aromatic rings. The highest BCUT2D eigenvalue weighted by molar-refractivity contribution is 9.10. The molecular formula is C14H21BrN2O2. The number of nitrogens with one attached hydrogen (secondary N) is 1. The van der Waals surface area contributed by atoms with Crippen molar-refractivity contribution in [3.05, 3.63) is 28.2 Å². The lowest BCUT2D eigenvalue weighted by Gasteiger charge is -2.11. The summed E-state index contributed by atoms with van der Waals surface area (Å²) in [6, 6.07) is 6.04. The molecule has 0 aliphatic rings. The second-order valence-electron chi connectivity index (χ2n) is 4.50. The second-order valence-corrected chi connectivity index (χ2v) is 5.35. The lowest BCUT2D eigenvalue weighted by atomic mass is 10.1. The molecule has 0 heterocycles. The molecule has 0 saturated heterocycles. The fourth-order valence-corrected chi connectivity index (χ4v) is 2.24. The van der Waals surface area contributed by atoms with E-state index in [1.807, 2.05) is 32.0 Å². The molecule has 0 spiro atoms. The van der Waals surface area contributed by atoms with Gasteiger partial charge >= 0.3 is 0 Å². The van der Waals surface area contributed by atoms with Crippen molar-refractivity contribution < 1.29 is 9.53 Å². The summed E-state index contributed by atoms with van der Waals surface area (Å²) < 4.78 is 6.47. The van der Waals surface area contributed by atoms with Gasteiger partial charge in [0.25, 0.3) is 0 Å². The zero-order chi connectivity index (χ0) is 14.3. The van der Waals surface area contributed by atoms with Gasteiger partial charge in [0.2, 0.25) is 5.91 Å². The lowest BCUT2D eigenvalue weighted by molar-refractivity contribution is -0.121. The first-order valence-electron chi connectivity index (χ1n) is 6.46. The van der Waals surface area contributed by atoms with Gasteiger partial charge in [-0.1, -0.05) is 6.07 Å². The fraction of sp³-hybridized carbons (Fsp3) is 0.500. The number of ether oxygens (including phenoxy) is 1. The molecule has 1 atom stereocenters. The van der Waals surface area contributed by atoms with Crippen LogP contribution in [0.4, 0.5) is 0 Å². The predicted octanol–water partition coefficient (Wildman–Crippen LogP) is 2.24. The molecule has 1 aromatic carbocycles. The normalized spacial score (nSPS) is 12.0. The first kappa shape index (κ1) is 16.0. The van der Waals surface area contributed by atoms with Gasteiger partial charge < -0.3 is 15.8 Å². The van der Waals surface area contributed by atoms with Crippen molar-refractivity contribution in [2.75, 3.05) is 13.2 Å². The maximum absolute atomic E-state index is 11.3. The van der Waals surface area contributed by atoms with Gasteiger partial charge in [0.05, 0.1) is 17.5 Å². The number of carbonyl (C=O) groups is 1. The Bertz CT molecular complexity index is 422. The molecule has 106 valence electrons. The maximum atomic E-state index is 11.3. The number of rotatable bonds is 7. The Hall–Kier alpha value is -1.07. The van der Waals surface area contributed by atoms with Crippen molar-refractivity contribution in [1.82, 2.24) is 5.32 Å². The van der Waals surface area contributed by atoms with E-state index < -0.39 is 0 Å². The number of amides is 1. The van der Waals surface area contributed by atoms with E-state index in [1.54, 1.807) is 0 Å². The molecule has 0 aliphatic heterocycles. The van der Waals surface area contributed by atoms with Crippen LogP contribution in [-0.2, 0) is 11.2 Å². The van der Waals surface area contributed by atoms with Crippen LogP contribution in [0.1, 0.15) is 25.8 Å². The summed E-state index contributed by atoms with van der Waals surface area (Å²) in [4.78, 5) is 11.3. The lowest BCUT2D eigenvalue weighted by Crippen LogP contribution is -2.24. The monoisotopic (exact) mass is 328 g/mol. The largest absolute Gasteiger partial charge is 0.492 e. The Morgan fingerprint density at radius 1 is 1.53 bits per heavy atom. The molecule has 0 bridgehead atoms. The fourth-order valence-electron chi connectivity index (χ4n) is 1.70. The number of nitrogens with two attached hydrogens (primary N) is 1. The molecule has 5 heteroatoms. The Labute approximate surface area is 122 Å². The SMILES string of the molecule is CCNC(=O)CCOc1ccc(CC(C)N)cc1Br. The third-order valence-corrected chi connectivity index (χ3v) is 3.13. The van der Waals surface area contributed by atoms with Gasteiger partial charge in [-0.05, 0) is 53.9 Å². The van der Waals surface area contributed by atoms with Crippen LogP contribution in [0.25, 0.3) is 0 Å². The number of hydrogen-bond donors (Lipinski definition) is 2. The average molecular weight is 329 g/mol. The zero-order valence-corrected chi connectivity index (χ0v) is 13.0. The number of halogens is 1. The smallest absolute Gasteiger partial charge is 0.223 e. The van der Waals surface area contributed by atoms with Crippen molar-refractivity contribution in [2.45, 2.75) is 32.7 Å². The number of benzene rings is 1. The topological polar surface area (TPSA) is 64.3 Å². The Balaban J connectivity index is 2.48. The average Bonchev–Trinajstić information content (AvgIpc) is 2.31. The van der Waals surface area contributed by atoms with Crippen LogP contribution >= 0.6 is 15.9 Å². The van der Waals surface area contributed by atoms with Crippen LogP contribution in [-0.4, -0.2) is 25.1 Å². The van der Waals surface area contributed by atoms with Crippen LogP contribution in [0.2, 0.25) is 0 Å². The van der Waals surface area contributed by atoms with Gasteiger partial charge in [-0.15, -0.1) is 0 Å². The van der Waals surface area contributed by atoms with Gasteiger partial charge in [0.15, 0.2) is 0 Å². The van der Waals surface area contributed by atoms with E-state index in [2.05, 4.69) is 21.2 Å². The minimum absolute atomic E-state index is 0.00667. The highest BCUT2D eigenvalue weighted by Crippen LogP contribution is 2.26. The minimum atomic E-state index is 0.00667. The van der Waals surface area contributed by atoms with E-state index in [-0.39, 0.29) is 11.9 Å².